The molecule has 18 heavy (non-hydrogen) atoms. The predicted octanol–water partition coefficient (Wildman–Crippen LogP) is 0.460. The van der Waals surface area contributed by atoms with Gasteiger partial charge in [-0.25, -0.2) is 0 Å². The molecule has 1 aromatic heterocycles. The summed E-state index contributed by atoms with van der Waals surface area (Å²) >= 11 is 0. The lowest BCUT2D eigenvalue weighted by Crippen LogP contribution is -2.45. The van der Waals surface area contributed by atoms with Gasteiger partial charge in [-0.15, -0.1) is 0 Å². The summed E-state index contributed by atoms with van der Waals surface area (Å²) in [5.74, 6) is 0. The van der Waals surface area contributed by atoms with Crippen molar-refractivity contribution in [3.05, 3.63) is 28.2 Å². The summed E-state index contributed by atoms with van der Waals surface area (Å²) in [5.41, 5.74) is 7.30. The van der Waals surface area contributed by atoms with Crippen LogP contribution in [-0.4, -0.2) is 41.8 Å². The fourth-order valence-corrected chi connectivity index (χ4v) is 2.22. The van der Waals surface area contributed by atoms with E-state index in [2.05, 4.69) is 11.8 Å². The minimum Gasteiger partial charge on any atom is -0.397 e. The van der Waals surface area contributed by atoms with Gasteiger partial charge in [-0.3, -0.25) is 9.69 Å². The molecule has 1 aliphatic rings. The lowest BCUT2D eigenvalue weighted by atomic mass is 10.2. The molecular formula is C13H21N3O2. The number of hydrogen-bond acceptors (Lipinski definition) is 4. The van der Waals surface area contributed by atoms with E-state index in [1.807, 2.05) is 6.92 Å². The number of pyridine rings is 1. The number of ether oxygens (including phenoxy) is 1. The molecule has 1 saturated heterocycles. The number of aryl methyl sites for hydroxylation is 1. The molecule has 2 rings (SSSR count). The Bertz CT molecular complexity index is 470. The highest BCUT2D eigenvalue weighted by Crippen LogP contribution is 2.09. The number of nitrogens with two attached hydrogens (primary N) is 1. The number of rotatable bonds is 3. The van der Waals surface area contributed by atoms with Gasteiger partial charge in [0.05, 0.1) is 24.9 Å². The summed E-state index contributed by atoms with van der Waals surface area (Å²) in [6, 6.07) is 1.58. The van der Waals surface area contributed by atoms with E-state index < -0.39 is 0 Å². The zero-order chi connectivity index (χ0) is 13.1. The van der Waals surface area contributed by atoms with Crippen LogP contribution < -0.4 is 11.3 Å². The predicted molar refractivity (Wildman–Crippen MR) is 71.7 cm³/mol. The average Bonchev–Trinajstić information content (AvgIpc) is 2.36. The van der Waals surface area contributed by atoms with Crippen LogP contribution in [0, 0.1) is 6.92 Å². The van der Waals surface area contributed by atoms with Crippen LogP contribution in [0.2, 0.25) is 0 Å². The number of aromatic nitrogens is 1. The maximum absolute atomic E-state index is 11.9. The van der Waals surface area contributed by atoms with E-state index in [1.54, 1.807) is 16.8 Å². The molecular weight excluding hydrogens is 230 g/mol. The quantitative estimate of drug-likeness (QED) is 0.848. The van der Waals surface area contributed by atoms with Gasteiger partial charge in [0.2, 0.25) is 0 Å². The third-order valence-corrected chi connectivity index (χ3v) is 3.44. The van der Waals surface area contributed by atoms with Gasteiger partial charge in [0.15, 0.2) is 0 Å². The van der Waals surface area contributed by atoms with Crippen LogP contribution in [0.4, 0.5) is 5.69 Å². The largest absolute Gasteiger partial charge is 0.397 e. The third-order valence-electron chi connectivity index (χ3n) is 3.44. The minimum absolute atomic E-state index is 0.0149. The van der Waals surface area contributed by atoms with Crippen molar-refractivity contribution in [3.63, 3.8) is 0 Å². The Labute approximate surface area is 107 Å². The molecule has 0 bridgehead atoms. The monoisotopic (exact) mass is 251 g/mol. The van der Waals surface area contributed by atoms with Crippen LogP contribution in [0.3, 0.4) is 0 Å². The Morgan fingerprint density at radius 3 is 3.06 bits per heavy atom. The molecule has 5 heteroatoms. The Hall–Kier alpha value is -1.33. The molecule has 1 fully saturated rings. The SMILES string of the molecule is CCN1CCOC(Cn2cc(N)c(C)cc2=O)C1. The number of hydrogen-bond donors (Lipinski definition) is 1. The fourth-order valence-electron chi connectivity index (χ4n) is 2.22. The second-order valence-electron chi connectivity index (χ2n) is 4.79. The fraction of sp³-hybridized carbons (Fsp3) is 0.615. The van der Waals surface area contributed by atoms with Gasteiger partial charge in [-0.05, 0) is 19.0 Å². The molecule has 0 radical (unpaired) electrons. The van der Waals surface area contributed by atoms with E-state index in [4.69, 9.17) is 10.5 Å². The van der Waals surface area contributed by atoms with Crippen LogP contribution in [0.25, 0.3) is 0 Å². The van der Waals surface area contributed by atoms with Crippen molar-refractivity contribution in [3.8, 4) is 0 Å². The van der Waals surface area contributed by atoms with E-state index in [1.165, 1.54) is 0 Å². The van der Waals surface area contributed by atoms with Crippen molar-refractivity contribution in [2.45, 2.75) is 26.5 Å². The maximum Gasteiger partial charge on any atom is 0.251 e. The zero-order valence-electron chi connectivity index (χ0n) is 11.1. The number of likely N-dealkylation sites (N-methyl/N-ethyl adjacent to an activating group) is 1. The van der Waals surface area contributed by atoms with Gasteiger partial charge in [0, 0.05) is 25.4 Å². The number of nitrogens with zero attached hydrogens (tertiary/aromatic N) is 2. The third kappa shape index (κ3) is 2.91. The van der Waals surface area contributed by atoms with Crippen molar-refractivity contribution in [1.29, 1.82) is 0 Å². The van der Waals surface area contributed by atoms with Crippen molar-refractivity contribution in [2.24, 2.45) is 0 Å². The molecule has 1 aliphatic heterocycles. The van der Waals surface area contributed by atoms with E-state index >= 15 is 0 Å². The molecule has 1 atom stereocenters. The first kappa shape index (κ1) is 13.1. The molecule has 0 aromatic carbocycles. The number of anilines is 1. The average molecular weight is 251 g/mol. The highest BCUT2D eigenvalue weighted by molar-refractivity contribution is 5.42. The molecule has 2 heterocycles. The molecule has 0 saturated carbocycles. The normalized spacial score (nSPS) is 21.1. The number of nitrogen functional groups attached to an aromatic ring is 1. The minimum atomic E-state index is -0.0149. The smallest absolute Gasteiger partial charge is 0.251 e. The van der Waals surface area contributed by atoms with Crippen molar-refractivity contribution in [1.82, 2.24) is 9.47 Å². The van der Waals surface area contributed by atoms with Gasteiger partial charge < -0.3 is 15.0 Å². The second-order valence-corrected chi connectivity index (χ2v) is 4.79. The first-order valence-corrected chi connectivity index (χ1v) is 6.40. The van der Waals surface area contributed by atoms with E-state index in [0.717, 1.165) is 31.8 Å². The van der Waals surface area contributed by atoms with E-state index in [9.17, 15) is 4.79 Å². The highest BCUT2D eigenvalue weighted by atomic mass is 16.5. The molecule has 0 amide bonds. The second kappa shape index (κ2) is 5.54. The van der Waals surface area contributed by atoms with E-state index in [0.29, 0.717) is 12.2 Å². The summed E-state index contributed by atoms with van der Waals surface area (Å²) in [5, 5.41) is 0. The van der Waals surface area contributed by atoms with Crippen molar-refractivity contribution in [2.75, 3.05) is 32.0 Å². The van der Waals surface area contributed by atoms with Gasteiger partial charge in [0.1, 0.15) is 0 Å². The molecule has 100 valence electrons. The van der Waals surface area contributed by atoms with Gasteiger partial charge in [-0.2, -0.15) is 0 Å². The highest BCUT2D eigenvalue weighted by Gasteiger charge is 2.20. The first-order chi connectivity index (χ1) is 8.60. The Kier molecular flexibility index (Phi) is 4.04. The molecule has 1 unspecified atom stereocenters. The molecule has 1 aromatic rings. The summed E-state index contributed by atoms with van der Waals surface area (Å²) in [6.45, 7) is 8.14. The lowest BCUT2D eigenvalue weighted by Gasteiger charge is -2.32. The maximum atomic E-state index is 11.9. The summed E-state index contributed by atoms with van der Waals surface area (Å²) < 4.78 is 7.34. The van der Waals surface area contributed by atoms with Crippen LogP contribution in [-0.2, 0) is 11.3 Å². The molecule has 0 spiro atoms. The van der Waals surface area contributed by atoms with Crippen LogP contribution in [0.15, 0.2) is 17.1 Å². The van der Waals surface area contributed by atoms with Gasteiger partial charge >= 0.3 is 0 Å². The first-order valence-electron chi connectivity index (χ1n) is 6.40. The molecule has 5 nitrogen and oxygen atoms in total. The zero-order valence-corrected chi connectivity index (χ0v) is 11.1. The summed E-state index contributed by atoms with van der Waals surface area (Å²) in [7, 11) is 0. The van der Waals surface area contributed by atoms with Gasteiger partial charge in [-0.1, -0.05) is 6.92 Å². The summed E-state index contributed by atoms with van der Waals surface area (Å²) in [6.07, 6.45) is 1.78. The molecule has 2 N–H and O–H groups in total. The lowest BCUT2D eigenvalue weighted by molar-refractivity contribution is -0.0347. The van der Waals surface area contributed by atoms with Gasteiger partial charge in [0.25, 0.3) is 5.56 Å². The summed E-state index contributed by atoms with van der Waals surface area (Å²) in [4.78, 5) is 14.2. The van der Waals surface area contributed by atoms with Crippen molar-refractivity contribution < 1.29 is 4.74 Å². The Morgan fingerprint density at radius 1 is 1.56 bits per heavy atom. The Balaban J connectivity index is 2.09. The van der Waals surface area contributed by atoms with Crippen LogP contribution in [0.1, 0.15) is 12.5 Å². The van der Waals surface area contributed by atoms with Crippen molar-refractivity contribution >= 4 is 5.69 Å². The topological polar surface area (TPSA) is 60.5 Å². The van der Waals surface area contributed by atoms with Crippen LogP contribution in [0.5, 0.6) is 0 Å². The molecule has 0 aliphatic carbocycles. The Morgan fingerprint density at radius 2 is 2.33 bits per heavy atom. The van der Waals surface area contributed by atoms with Crippen LogP contribution >= 0.6 is 0 Å². The van der Waals surface area contributed by atoms with E-state index in [-0.39, 0.29) is 11.7 Å². The standard InChI is InChI=1S/C13H21N3O2/c1-3-15-4-5-18-11(7-15)8-16-9-12(14)10(2)6-13(16)17/h6,9,11H,3-5,7-8,14H2,1-2H3. The number of morpholine rings is 1.